The molecule has 33 heavy (non-hydrogen) atoms. The maximum absolute atomic E-state index is 12.6. The zero-order valence-corrected chi connectivity index (χ0v) is 20.5. The topological polar surface area (TPSA) is 79.8 Å². The molecule has 1 amide bonds. The molecular formula is C24H34ClN5O3. The summed E-state index contributed by atoms with van der Waals surface area (Å²) in [6, 6.07) is 5.14. The van der Waals surface area contributed by atoms with Crippen molar-refractivity contribution in [2.75, 3.05) is 57.9 Å². The molecule has 0 unspecified atom stereocenters. The average Bonchev–Trinajstić information content (AvgIpc) is 2.83. The zero-order chi connectivity index (χ0) is 23.6. The molecule has 9 heteroatoms. The van der Waals surface area contributed by atoms with Crippen LogP contribution in [0.1, 0.15) is 37.0 Å². The van der Waals surface area contributed by atoms with Gasteiger partial charge in [-0.1, -0.05) is 25.4 Å². The summed E-state index contributed by atoms with van der Waals surface area (Å²) in [7, 11) is 1.55. The number of ether oxygens (including phenoxy) is 2. The highest BCUT2D eigenvalue weighted by molar-refractivity contribution is 6.32. The van der Waals surface area contributed by atoms with E-state index in [2.05, 4.69) is 38.9 Å². The van der Waals surface area contributed by atoms with Gasteiger partial charge in [0.2, 0.25) is 5.95 Å². The standard InChI is InChI=1S/C24H34ClN5O3/c1-18(2)6-15-33-22-20(25)16-19(17-21(22)32-3)23(31)26-9-5-10-29-11-13-30(14-12-29)24-27-7-4-8-28-24/h4,7-8,16-18H,5-6,9-15H2,1-3H3,(H,26,31). The van der Waals surface area contributed by atoms with Crippen molar-refractivity contribution in [3.8, 4) is 11.5 Å². The Morgan fingerprint density at radius 1 is 1.18 bits per heavy atom. The van der Waals surface area contributed by atoms with Gasteiger partial charge < -0.3 is 19.7 Å². The summed E-state index contributed by atoms with van der Waals surface area (Å²) in [6.07, 6.45) is 5.33. The van der Waals surface area contributed by atoms with E-state index >= 15 is 0 Å². The number of aromatic nitrogens is 2. The number of piperazine rings is 1. The van der Waals surface area contributed by atoms with Gasteiger partial charge in [0.1, 0.15) is 0 Å². The van der Waals surface area contributed by atoms with E-state index in [4.69, 9.17) is 21.1 Å². The van der Waals surface area contributed by atoms with Gasteiger partial charge in [0, 0.05) is 50.7 Å². The van der Waals surface area contributed by atoms with Crippen LogP contribution in [-0.2, 0) is 0 Å². The van der Waals surface area contributed by atoms with Crippen LogP contribution in [0.2, 0.25) is 5.02 Å². The lowest BCUT2D eigenvalue weighted by Gasteiger charge is -2.34. The van der Waals surface area contributed by atoms with E-state index in [9.17, 15) is 4.79 Å². The molecule has 0 saturated carbocycles. The molecular weight excluding hydrogens is 442 g/mol. The summed E-state index contributed by atoms with van der Waals surface area (Å²) in [5.41, 5.74) is 0.463. The second-order valence-corrected chi connectivity index (χ2v) is 8.91. The fourth-order valence-corrected chi connectivity index (χ4v) is 3.89. The summed E-state index contributed by atoms with van der Waals surface area (Å²) in [6.45, 7) is 10.1. The van der Waals surface area contributed by atoms with E-state index in [1.807, 2.05) is 6.07 Å². The molecule has 2 aromatic rings. The van der Waals surface area contributed by atoms with Crippen molar-refractivity contribution in [3.63, 3.8) is 0 Å². The Bertz CT molecular complexity index is 889. The summed E-state index contributed by atoms with van der Waals surface area (Å²) >= 11 is 6.39. The molecule has 180 valence electrons. The first-order chi connectivity index (χ1) is 16.0. The Morgan fingerprint density at radius 3 is 2.58 bits per heavy atom. The van der Waals surface area contributed by atoms with Gasteiger partial charge in [0.15, 0.2) is 11.5 Å². The van der Waals surface area contributed by atoms with Gasteiger partial charge in [0.05, 0.1) is 18.7 Å². The third-order valence-corrected chi connectivity index (χ3v) is 5.86. The first-order valence-electron chi connectivity index (χ1n) is 11.5. The molecule has 1 fully saturated rings. The molecule has 1 aliphatic rings. The van der Waals surface area contributed by atoms with Crippen LogP contribution in [-0.4, -0.2) is 73.8 Å². The van der Waals surface area contributed by atoms with Crippen molar-refractivity contribution in [1.82, 2.24) is 20.2 Å². The number of anilines is 1. The van der Waals surface area contributed by atoms with E-state index in [1.54, 1.807) is 31.6 Å². The van der Waals surface area contributed by atoms with Crippen LogP contribution >= 0.6 is 11.6 Å². The Labute approximate surface area is 201 Å². The van der Waals surface area contributed by atoms with Gasteiger partial charge in [0.25, 0.3) is 5.91 Å². The number of benzene rings is 1. The quantitative estimate of drug-likeness (QED) is 0.498. The number of methoxy groups -OCH3 is 1. The molecule has 0 spiro atoms. The molecule has 1 N–H and O–H groups in total. The molecule has 0 radical (unpaired) electrons. The van der Waals surface area contributed by atoms with Crippen LogP contribution in [0.25, 0.3) is 0 Å². The van der Waals surface area contributed by atoms with Crippen LogP contribution in [0, 0.1) is 5.92 Å². The SMILES string of the molecule is COc1cc(C(=O)NCCCN2CCN(c3ncccn3)CC2)cc(Cl)c1OCCC(C)C. The number of amides is 1. The number of halogens is 1. The van der Waals surface area contributed by atoms with E-state index in [0.717, 1.165) is 51.5 Å². The fraction of sp³-hybridized carbons (Fsp3) is 0.542. The molecule has 1 aromatic carbocycles. The summed E-state index contributed by atoms with van der Waals surface area (Å²) in [5, 5.41) is 3.36. The zero-order valence-electron chi connectivity index (χ0n) is 19.7. The molecule has 0 bridgehead atoms. The van der Waals surface area contributed by atoms with Crippen molar-refractivity contribution < 1.29 is 14.3 Å². The van der Waals surface area contributed by atoms with Gasteiger partial charge in [-0.2, -0.15) is 0 Å². The highest BCUT2D eigenvalue weighted by Crippen LogP contribution is 2.36. The highest BCUT2D eigenvalue weighted by Gasteiger charge is 2.19. The van der Waals surface area contributed by atoms with Crippen LogP contribution < -0.4 is 19.7 Å². The average molecular weight is 476 g/mol. The van der Waals surface area contributed by atoms with E-state index in [0.29, 0.717) is 41.2 Å². The van der Waals surface area contributed by atoms with Gasteiger partial charge in [-0.3, -0.25) is 9.69 Å². The van der Waals surface area contributed by atoms with Crippen molar-refractivity contribution in [2.45, 2.75) is 26.7 Å². The minimum atomic E-state index is -0.171. The normalized spacial score (nSPS) is 14.4. The van der Waals surface area contributed by atoms with Crippen LogP contribution in [0.4, 0.5) is 5.95 Å². The number of rotatable bonds is 11. The lowest BCUT2D eigenvalue weighted by molar-refractivity contribution is 0.0951. The molecule has 1 aliphatic heterocycles. The first-order valence-corrected chi connectivity index (χ1v) is 11.9. The minimum Gasteiger partial charge on any atom is -0.493 e. The number of hydrogen-bond donors (Lipinski definition) is 1. The Balaban J connectivity index is 1.42. The van der Waals surface area contributed by atoms with Gasteiger partial charge in [-0.15, -0.1) is 0 Å². The molecule has 3 rings (SSSR count). The molecule has 0 aliphatic carbocycles. The van der Waals surface area contributed by atoms with Crippen LogP contribution in [0.15, 0.2) is 30.6 Å². The lowest BCUT2D eigenvalue weighted by atomic mass is 10.1. The second kappa shape index (κ2) is 12.6. The maximum atomic E-state index is 12.6. The predicted octanol–water partition coefficient (Wildman–Crippen LogP) is 3.51. The van der Waals surface area contributed by atoms with Crippen molar-refractivity contribution in [2.24, 2.45) is 5.92 Å². The summed E-state index contributed by atoms with van der Waals surface area (Å²) in [5.74, 6) is 2.10. The number of nitrogens with zero attached hydrogens (tertiary/aromatic N) is 4. The maximum Gasteiger partial charge on any atom is 0.251 e. The number of nitrogens with one attached hydrogen (secondary N) is 1. The van der Waals surface area contributed by atoms with E-state index in [1.165, 1.54) is 0 Å². The van der Waals surface area contributed by atoms with Gasteiger partial charge >= 0.3 is 0 Å². The van der Waals surface area contributed by atoms with E-state index < -0.39 is 0 Å². The molecule has 0 atom stereocenters. The third kappa shape index (κ3) is 7.47. The number of carbonyl (C=O) groups is 1. The molecule has 1 aromatic heterocycles. The molecule has 2 heterocycles. The van der Waals surface area contributed by atoms with Crippen molar-refractivity contribution in [1.29, 1.82) is 0 Å². The van der Waals surface area contributed by atoms with Crippen LogP contribution in [0.5, 0.6) is 11.5 Å². The Hall–Kier alpha value is -2.58. The number of carbonyl (C=O) groups excluding carboxylic acids is 1. The molecule has 8 nitrogen and oxygen atoms in total. The largest absolute Gasteiger partial charge is 0.493 e. The first kappa shape index (κ1) is 25.1. The minimum absolute atomic E-state index is 0.171. The molecule has 1 saturated heterocycles. The predicted molar refractivity (Wildman–Crippen MR) is 131 cm³/mol. The summed E-state index contributed by atoms with van der Waals surface area (Å²) in [4.78, 5) is 25.9. The third-order valence-electron chi connectivity index (χ3n) is 5.58. The second-order valence-electron chi connectivity index (χ2n) is 8.51. The Morgan fingerprint density at radius 2 is 1.91 bits per heavy atom. The van der Waals surface area contributed by atoms with Crippen LogP contribution in [0.3, 0.4) is 0 Å². The van der Waals surface area contributed by atoms with Gasteiger partial charge in [-0.05, 0) is 43.5 Å². The van der Waals surface area contributed by atoms with Crippen molar-refractivity contribution in [3.05, 3.63) is 41.2 Å². The monoisotopic (exact) mass is 475 g/mol. The van der Waals surface area contributed by atoms with Crippen molar-refractivity contribution >= 4 is 23.5 Å². The lowest BCUT2D eigenvalue weighted by Crippen LogP contribution is -2.47. The number of hydrogen-bond acceptors (Lipinski definition) is 7. The van der Waals surface area contributed by atoms with E-state index in [-0.39, 0.29) is 5.91 Å². The van der Waals surface area contributed by atoms with Gasteiger partial charge in [-0.25, -0.2) is 9.97 Å². The summed E-state index contributed by atoms with van der Waals surface area (Å²) < 4.78 is 11.2. The fourth-order valence-electron chi connectivity index (χ4n) is 3.62. The Kier molecular flexibility index (Phi) is 9.57. The smallest absolute Gasteiger partial charge is 0.251 e. The highest BCUT2D eigenvalue weighted by atomic mass is 35.5.